The Kier molecular flexibility index (Phi) is 7.20. The van der Waals surface area contributed by atoms with Crippen LogP contribution in [0.1, 0.15) is 12.6 Å². The summed E-state index contributed by atoms with van der Waals surface area (Å²) in [7, 11) is 0. The van der Waals surface area contributed by atoms with Gasteiger partial charge in [-0.25, -0.2) is 13.8 Å². The van der Waals surface area contributed by atoms with Crippen LogP contribution in [-0.4, -0.2) is 16.8 Å². The van der Waals surface area contributed by atoms with Crippen molar-refractivity contribution in [2.24, 2.45) is 0 Å². The summed E-state index contributed by atoms with van der Waals surface area (Å²) in [5.41, 5.74) is -0.0701. The Labute approximate surface area is 195 Å². The second-order valence-corrected chi connectivity index (χ2v) is 7.93. The molecule has 0 aliphatic rings. The van der Waals surface area contributed by atoms with Gasteiger partial charge in [0.15, 0.2) is 5.13 Å². The molecule has 1 N–H and O–H groups in total. The molecule has 3 aromatic rings. The van der Waals surface area contributed by atoms with Crippen LogP contribution in [0.3, 0.4) is 0 Å². The van der Waals surface area contributed by atoms with E-state index in [2.05, 4.69) is 10.3 Å². The molecule has 1 aromatic heterocycles. The van der Waals surface area contributed by atoms with Gasteiger partial charge in [0.2, 0.25) is 5.91 Å². The summed E-state index contributed by atoms with van der Waals surface area (Å²) in [4.78, 5) is 29.8. The molecule has 0 aliphatic heterocycles. The quantitative estimate of drug-likeness (QED) is 0.351. The number of nitrogens with one attached hydrogen (secondary N) is 1. The van der Waals surface area contributed by atoms with Crippen LogP contribution in [0, 0.1) is 23.0 Å². The van der Waals surface area contributed by atoms with Crippen molar-refractivity contribution < 1.29 is 18.4 Å². The average molecular weight is 493 g/mol. The maximum absolute atomic E-state index is 14.2. The first kappa shape index (κ1) is 23.3. The number of aromatic nitrogens is 1. The Morgan fingerprint density at radius 2 is 1.97 bits per heavy atom. The summed E-state index contributed by atoms with van der Waals surface area (Å²) in [6.07, 6.45) is 1.20. The van der Waals surface area contributed by atoms with Crippen molar-refractivity contribution in [3.05, 3.63) is 74.7 Å². The molecule has 2 aromatic carbocycles. The third kappa shape index (κ3) is 5.29. The Hall–Kier alpha value is -3.32. The van der Waals surface area contributed by atoms with Crippen LogP contribution in [0.15, 0.2) is 47.4 Å². The zero-order valence-corrected chi connectivity index (χ0v) is 18.5. The number of carbonyl (C=O) groups is 2. The van der Waals surface area contributed by atoms with Crippen LogP contribution >= 0.6 is 34.5 Å². The van der Waals surface area contributed by atoms with E-state index in [1.54, 1.807) is 12.1 Å². The number of benzene rings is 2. The molecule has 0 bridgehead atoms. The predicted molar refractivity (Wildman–Crippen MR) is 120 cm³/mol. The summed E-state index contributed by atoms with van der Waals surface area (Å²) in [6.45, 7) is 1.20. The SMILES string of the molecule is CC(=O)N(c1nc(/C=C(\C#N)C(=O)Nc2cc(Cl)ccc2Cl)cs1)c1ccc(F)cc1F. The monoisotopic (exact) mass is 492 g/mol. The Morgan fingerprint density at radius 3 is 2.62 bits per heavy atom. The van der Waals surface area contributed by atoms with E-state index in [4.69, 9.17) is 23.2 Å². The summed E-state index contributed by atoms with van der Waals surface area (Å²) < 4.78 is 27.4. The molecule has 0 saturated heterocycles. The largest absolute Gasteiger partial charge is 0.320 e. The smallest absolute Gasteiger partial charge is 0.266 e. The number of halogens is 4. The first-order chi connectivity index (χ1) is 15.2. The van der Waals surface area contributed by atoms with Crippen LogP contribution < -0.4 is 10.2 Å². The van der Waals surface area contributed by atoms with Gasteiger partial charge < -0.3 is 5.32 Å². The second kappa shape index (κ2) is 9.87. The fraction of sp³-hybridized carbons (Fsp3) is 0.0476. The minimum absolute atomic E-state index is 0.0739. The highest BCUT2D eigenvalue weighted by atomic mass is 35.5. The van der Waals surface area contributed by atoms with Crippen LogP contribution in [0.5, 0.6) is 0 Å². The molecule has 0 atom stereocenters. The maximum Gasteiger partial charge on any atom is 0.266 e. The molecule has 0 fully saturated rings. The molecule has 1 heterocycles. The summed E-state index contributed by atoms with van der Waals surface area (Å²) >= 11 is 12.9. The van der Waals surface area contributed by atoms with Gasteiger partial charge >= 0.3 is 0 Å². The van der Waals surface area contributed by atoms with Gasteiger partial charge in [-0.3, -0.25) is 14.5 Å². The summed E-state index contributed by atoms with van der Waals surface area (Å²) in [6, 6.07) is 9.02. The third-order valence-corrected chi connectivity index (χ3v) is 5.41. The summed E-state index contributed by atoms with van der Waals surface area (Å²) in [5, 5.41) is 14.0. The molecule has 162 valence electrons. The van der Waals surface area contributed by atoms with Crippen LogP contribution in [0.2, 0.25) is 10.0 Å². The first-order valence-corrected chi connectivity index (χ1v) is 10.4. The number of nitrogens with zero attached hydrogens (tertiary/aromatic N) is 3. The van der Waals surface area contributed by atoms with Crippen molar-refractivity contribution in [2.45, 2.75) is 6.92 Å². The van der Waals surface area contributed by atoms with E-state index in [0.717, 1.165) is 28.4 Å². The van der Waals surface area contributed by atoms with Crippen molar-refractivity contribution in [1.29, 1.82) is 5.26 Å². The second-order valence-electron chi connectivity index (χ2n) is 6.25. The minimum atomic E-state index is -0.942. The molecule has 0 saturated carbocycles. The average Bonchev–Trinajstić information content (AvgIpc) is 3.18. The minimum Gasteiger partial charge on any atom is -0.320 e. The van der Waals surface area contributed by atoms with E-state index in [1.807, 2.05) is 0 Å². The molecular weight excluding hydrogens is 481 g/mol. The number of thiazole rings is 1. The van der Waals surface area contributed by atoms with Crippen molar-refractivity contribution in [1.82, 2.24) is 4.98 Å². The number of anilines is 3. The van der Waals surface area contributed by atoms with Gasteiger partial charge in [0.05, 0.1) is 22.1 Å². The van der Waals surface area contributed by atoms with Crippen molar-refractivity contribution in [2.75, 3.05) is 10.2 Å². The van der Waals surface area contributed by atoms with Gasteiger partial charge in [0, 0.05) is 23.4 Å². The third-order valence-electron chi connectivity index (χ3n) is 4.00. The zero-order valence-electron chi connectivity index (χ0n) is 16.2. The van der Waals surface area contributed by atoms with Gasteiger partial charge in [-0.05, 0) is 36.4 Å². The first-order valence-electron chi connectivity index (χ1n) is 8.79. The molecule has 0 unspecified atom stereocenters. The lowest BCUT2D eigenvalue weighted by atomic mass is 10.2. The Bertz CT molecular complexity index is 1290. The van der Waals surface area contributed by atoms with Gasteiger partial charge in [0.25, 0.3) is 5.91 Å². The standard InChI is InChI=1S/C21H12Cl2F2N4O2S/c1-11(30)29(19-5-3-14(24)8-17(19)25)21-27-15(10-32-21)6-12(9-26)20(31)28-18-7-13(22)2-4-16(18)23/h2-8,10H,1H3,(H,28,31)/b12-6+. The fourth-order valence-corrected chi connectivity index (χ4v) is 3.77. The number of hydrogen-bond acceptors (Lipinski definition) is 5. The van der Waals surface area contributed by atoms with Crippen LogP contribution in [-0.2, 0) is 9.59 Å². The number of nitriles is 1. The molecular formula is C21H12Cl2F2N4O2S. The van der Waals surface area contributed by atoms with E-state index in [0.29, 0.717) is 11.1 Å². The maximum atomic E-state index is 14.2. The molecule has 0 aliphatic carbocycles. The molecule has 3 rings (SSSR count). The lowest BCUT2D eigenvalue weighted by Crippen LogP contribution is -2.23. The fourth-order valence-electron chi connectivity index (χ4n) is 2.59. The van der Waals surface area contributed by atoms with Gasteiger partial charge in [-0.2, -0.15) is 5.26 Å². The zero-order chi connectivity index (χ0) is 23.4. The van der Waals surface area contributed by atoms with Gasteiger partial charge in [-0.1, -0.05) is 23.2 Å². The number of carbonyl (C=O) groups excluding carboxylic acids is 2. The van der Waals surface area contributed by atoms with Crippen molar-refractivity contribution in [3.8, 4) is 6.07 Å². The normalized spacial score (nSPS) is 11.1. The molecule has 0 radical (unpaired) electrons. The highest BCUT2D eigenvalue weighted by Crippen LogP contribution is 2.32. The van der Waals surface area contributed by atoms with E-state index in [-0.39, 0.29) is 32.8 Å². The predicted octanol–water partition coefficient (Wildman–Crippen LogP) is 5.96. The topological polar surface area (TPSA) is 86.1 Å². The van der Waals surface area contributed by atoms with Gasteiger partial charge in [0.1, 0.15) is 23.3 Å². The lowest BCUT2D eigenvalue weighted by Gasteiger charge is -2.18. The summed E-state index contributed by atoms with van der Waals surface area (Å²) in [5.74, 6) is -3.04. The molecule has 6 nitrogen and oxygen atoms in total. The van der Waals surface area contributed by atoms with Crippen molar-refractivity contribution >= 4 is 68.9 Å². The Balaban J connectivity index is 1.89. The van der Waals surface area contributed by atoms with E-state index >= 15 is 0 Å². The lowest BCUT2D eigenvalue weighted by molar-refractivity contribution is -0.116. The van der Waals surface area contributed by atoms with Crippen LogP contribution in [0.4, 0.5) is 25.3 Å². The highest BCUT2D eigenvalue weighted by Gasteiger charge is 2.22. The number of rotatable bonds is 5. The molecule has 11 heteroatoms. The molecule has 0 spiro atoms. The van der Waals surface area contributed by atoms with E-state index in [1.165, 1.54) is 30.5 Å². The van der Waals surface area contributed by atoms with Crippen LogP contribution in [0.25, 0.3) is 6.08 Å². The van der Waals surface area contributed by atoms with E-state index < -0.39 is 23.4 Å². The molecule has 2 amide bonds. The highest BCUT2D eigenvalue weighted by molar-refractivity contribution is 7.14. The van der Waals surface area contributed by atoms with E-state index in [9.17, 15) is 23.6 Å². The molecule has 32 heavy (non-hydrogen) atoms. The van der Waals surface area contributed by atoms with Gasteiger partial charge in [-0.15, -0.1) is 11.3 Å². The Morgan fingerprint density at radius 1 is 1.22 bits per heavy atom. The number of amides is 2. The number of hydrogen-bond donors (Lipinski definition) is 1. The van der Waals surface area contributed by atoms with Crippen molar-refractivity contribution in [3.63, 3.8) is 0 Å².